The van der Waals surface area contributed by atoms with Crippen molar-refractivity contribution >= 4 is 23.2 Å². The second-order valence-electron chi connectivity index (χ2n) is 7.18. The van der Waals surface area contributed by atoms with Crippen LogP contribution in [-0.2, 0) is 11.3 Å². The number of hydrogen-bond acceptors (Lipinski definition) is 5. The third kappa shape index (κ3) is 3.40. The summed E-state index contributed by atoms with van der Waals surface area (Å²) in [6, 6.07) is 8.96. The molecule has 1 aromatic heterocycles. The SMILES string of the molecule is Cc1cc2c(c(=O)n1CC1CCCO1)C(c1cccc(Cl)c1Cl)C(C#N)=C(N)O2. The molecule has 3 heterocycles. The molecule has 0 radical (unpaired) electrons. The average Bonchev–Trinajstić information content (AvgIpc) is 3.20. The zero-order valence-electron chi connectivity index (χ0n) is 15.7. The van der Waals surface area contributed by atoms with Crippen molar-refractivity contribution in [3.63, 3.8) is 0 Å². The van der Waals surface area contributed by atoms with E-state index < -0.39 is 5.92 Å². The van der Waals surface area contributed by atoms with Gasteiger partial charge in [0.2, 0.25) is 5.88 Å². The Kier molecular flexibility index (Phi) is 5.30. The standard InChI is InChI=1S/C21H19Cl2N3O3/c1-11-8-16-18(21(27)26(11)10-12-4-3-7-28-12)17(14(9-24)20(25)29-16)13-5-2-6-15(22)19(13)23/h2,5-6,8,12,17H,3-4,7,10,25H2,1H3. The van der Waals surface area contributed by atoms with Crippen molar-refractivity contribution in [2.45, 2.75) is 38.3 Å². The van der Waals surface area contributed by atoms with Crippen LogP contribution in [0.3, 0.4) is 0 Å². The summed E-state index contributed by atoms with van der Waals surface area (Å²) >= 11 is 12.7. The van der Waals surface area contributed by atoms with Gasteiger partial charge in [0.1, 0.15) is 17.4 Å². The Morgan fingerprint density at radius 2 is 2.17 bits per heavy atom. The summed E-state index contributed by atoms with van der Waals surface area (Å²) in [5.74, 6) is -0.482. The smallest absolute Gasteiger partial charge is 0.258 e. The zero-order valence-corrected chi connectivity index (χ0v) is 17.3. The molecule has 2 aliphatic rings. The van der Waals surface area contributed by atoms with Crippen LogP contribution in [0.5, 0.6) is 5.75 Å². The molecule has 0 amide bonds. The number of rotatable bonds is 3. The van der Waals surface area contributed by atoms with Gasteiger partial charge < -0.3 is 19.8 Å². The first kappa shape index (κ1) is 19.8. The fraction of sp³-hybridized carbons (Fsp3) is 0.333. The molecule has 150 valence electrons. The van der Waals surface area contributed by atoms with E-state index in [-0.39, 0.29) is 28.1 Å². The van der Waals surface area contributed by atoms with Gasteiger partial charge in [0.25, 0.3) is 5.56 Å². The highest BCUT2D eigenvalue weighted by Gasteiger charge is 2.36. The number of nitriles is 1. The molecule has 29 heavy (non-hydrogen) atoms. The van der Waals surface area contributed by atoms with E-state index >= 15 is 0 Å². The summed E-state index contributed by atoms with van der Waals surface area (Å²) in [6.07, 6.45) is 1.86. The minimum absolute atomic E-state index is 0.0155. The number of halogens is 2. The largest absolute Gasteiger partial charge is 0.440 e. The number of nitrogens with zero attached hydrogens (tertiary/aromatic N) is 2. The molecular weight excluding hydrogens is 413 g/mol. The normalized spacial score (nSPS) is 20.9. The first-order chi connectivity index (χ1) is 13.9. The van der Waals surface area contributed by atoms with Crippen LogP contribution >= 0.6 is 23.2 Å². The topological polar surface area (TPSA) is 90.3 Å². The molecule has 6 nitrogen and oxygen atoms in total. The fourth-order valence-corrected chi connectivity index (χ4v) is 4.38. The lowest BCUT2D eigenvalue weighted by Gasteiger charge is -2.28. The van der Waals surface area contributed by atoms with Crippen molar-refractivity contribution < 1.29 is 9.47 Å². The van der Waals surface area contributed by atoms with E-state index in [1.807, 2.05) is 6.92 Å². The monoisotopic (exact) mass is 431 g/mol. The van der Waals surface area contributed by atoms with Crippen LogP contribution in [0.25, 0.3) is 0 Å². The molecule has 2 aliphatic heterocycles. The molecule has 0 bridgehead atoms. The molecule has 1 aromatic carbocycles. The van der Waals surface area contributed by atoms with E-state index in [9.17, 15) is 10.1 Å². The van der Waals surface area contributed by atoms with Gasteiger partial charge in [-0.1, -0.05) is 35.3 Å². The molecule has 2 aromatic rings. The van der Waals surface area contributed by atoms with Crippen LogP contribution < -0.4 is 16.0 Å². The molecule has 8 heteroatoms. The molecule has 0 saturated carbocycles. The lowest BCUT2D eigenvalue weighted by Crippen LogP contribution is -2.35. The Morgan fingerprint density at radius 3 is 2.86 bits per heavy atom. The fourth-order valence-electron chi connectivity index (χ4n) is 3.96. The number of allylic oxidation sites excluding steroid dienone is 1. The lowest BCUT2D eigenvalue weighted by atomic mass is 9.84. The Bertz CT molecular complexity index is 1110. The maximum absolute atomic E-state index is 13.5. The molecule has 1 fully saturated rings. The van der Waals surface area contributed by atoms with Gasteiger partial charge in [-0.3, -0.25) is 4.79 Å². The van der Waals surface area contributed by atoms with Gasteiger partial charge in [0, 0.05) is 18.4 Å². The van der Waals surface area contributed by atoms with Gasteiger partial charge >= 0.3 is 0 Å². The highest BCUT2D eigenvalue weighted by atomic mass is 35.5. The van der Waals surface area contributed by atoms with Crippen LogP contribution in [-0.4, -0.2) is 17.3 Å². The Hall–Kier alpha value is -2.46. The van der Waals surface area contributed by atoms with Crippen LogP contribution in [0.15, 0.2) is 40.5 Å². The molecule has 0 aliphatic carbocycles. The molecular formula is C21H19Cl2N3O3. The molecule has 2 atom stereocenters. The van der Waals surface area contributed by atoms with Crippen LogP contribution in [0.4, 0.5) is 0 Å². The van der Waals surface area contributed by atoms with Crippen LogP contribution in [0.2, 0.25) is 10.0 Å². The Morgan fingerprint density at radius 1 is 1.38 bits per heavy atom. The number of fused-ring (bicyclic) bond motifs is 1. The number of hydrogen-bond donors (Lipinski definition) is 1. The Balaban J connectivity index is 1.94. The number of pyridine rings is 1. The van der Waals surface area contributed by atoms with E-state index in [0.717, 1.165) is 18.5 Å². The number of nitrogens with two attached hydrogens (primary N) is 1. The minimum atomic E-state index is -0.765. The highest BCUT2D eigenvalue weighted by molar-refractivity contribution is 6.42. The van der Waals surface area contributed by atoms with E-state index in [2.05, 4.69) is 6.07 Å². The predicted molar refractivity (Wildman–Crippen MR) is 110 cm³/mol. The van der Waals surface area contributed by atoms with E-state index in [0.29, 0.717) is 35.1 Å². The van der Waals surface area contributed by atoms with Crippen molar-refractivity contribution in [2.75, 3.05) is 6.61 Å². The van der Waals surface area contributed by atoms with Gasteiger partial charge in [0.05, 0.1) is 34.2 Å². The van der Waals surface area contributed by atoms with Crippen molar-refractivity contribution in [3.05, 3.63) is 72.9 Å². The van der Waals surface area contributed by atoms with E-state index in [1.165, 1.54) is 0 Å². The first-order valence-electron chi connectivity index (χ1n) is 9.29. The zero-order chi connectivity index (χ0) is 20.7. The van der Waals surface area contributed by atoms with E-state index in [1.54, 1.807) is 28.8 Å². The van der Waals surface area contributed by atoms with Gasteiger partial charge in [0.15, 0.2) is 0 Å². The third-order valence-corrected chi connectivity index (χ3v) is 6.23. The number of benzene rings is 1. The maximum atomic E-state index is 13.5. The van der Waals surface area contributed by atoms with Gasteiger partial charge in [-0.2, -0.15) is 5.26 Å². The van der Waals surface area contributed by atoms with Crippen molar-refractivity contribution in [3.8, 4) is 11.8 Å². The number of ether oxygens (including phenoxy) is 2. The molecule has 2 unspecified atom stereocenters. The van der Waals surface area contributed by atoms with E-state index in [4.69, 9.17) is 38.4 Å². The highest BCUT2D eigenvalue weighted by Crippen LogP contribution is 2.44. The molecule has 1 saturated heterocycles. The molecule has 2 N–H and O–H groups in total. The van der Waals surface area contributed by atoms with Gasteiger partial charge in [-0.25, -0.2) is 0 Å². The summed E-state index contributed by atoms with van der Waals surface area (Å²) in [5, 5.41) is 10.4. The quantitative estimate of drug-likeness (QED) is 0.796. The predicted octanol–water partition coefficient (Wildman–Crippen LogP) is 3.86. The lowest BCUT2D eigenvalue weighted by molar-refractivity contribution is 0.0955. The summed E-state index contributed by atoms with van der Waals surface area (Å²) in [7, 11) is 0. The summed E-state index contributed by atoms with van der Waals surface area (Å²) < 4.78 is 13.0. The second kappa shape index (κ2) is 7.75. The van der Waals surface area contributed by atoms with Crippen molar-refractivity contribution in [2.24, 2.45) is 5.73 Å². The summed E-state index contributed by atoms with van der Waals surface area (Å²) in [6.45, 7) is 2.97. The Labute approximate surface area is 178 Å². The van der Waals surface area contributed by atoms with Crippen molar-refractivity contribution in [1.82, 2.24) is 4.57 Å². The second-order valence-corrected chi connectivity index (χ2v) is 7.97. The molecule has 4 rings (SSSR count). The number of aryl methyl sites for hydroxylation is 1. The molecule has 0 spiro atoms. The number of aromatic nitrogens is 1. The summed E-state index contributed by atoms with van der Waals surface area (Å²) in [5.41, 5.74) is 7.49. The average molecular weight is 432 g/mol. The maximum Gasteiger partial charge on any atom is 0.258 e. The minimum Gasteiger partial charge on any atom is -0.440 e. The summed E-state index contributed by atoms with van der Waals surface area (Å²) in [4.78, 5) is 13.5. The van der Waals surface area contributed by atoms with Crippen LogP contribution in [0, 0.1) is 18.3 Å². The van der Waals surface area contributed by atoms with Crippen molar-refractivity contribution in [1.29, 1.82) is 5.26 Å². The third-order valence-electron chi connectivity index (χ3n) is 5.39. The van der Waals surface area contributed by atoms with Crippen LogP contribution in [0.1, 0.15) is 35.6 Å². The van der Waals surface area contributed by atoms with Gasteiger partial charge in [-0.05, 0) is 31.4 Å². The van der Waals surface area contributed by atoms with Gasteiger partial charge in [-0.15, -0.1) is 0 Å². The first-order valence-corrected chi connectivity index (χ1v) is 10.1.